The van der Waals surface area contributed by atoms with E-state index in [-0.39, 0.29) is 0 Å². The predicted octanol–water partition coefficient (Wildman–Crippen LogP) is 1.76. The Balaban J connectivity index is 2.00. The van der Waals surface area contributed by atoms with Crippen molar-refractivity contribution in [2.24, 2.45) is 5.73 Å². The molecule has 2 N–H and O–H groups in total. The highest BCUT2D eigenvalue weighted by molar-refractivity contribution is 5.81. The summed E-state index contributed by atoms with van der Waals surface area (Å²) in [4.78, 5) is 0. The number of aryl methyl sites for hydroxylation is 1. The van der Waals surface area contributed by atoms with Gasteiger partial charge in [-0.15, -0.1) is 0 Å². The normalized spacial score (nSPS) is 11.3. The molecule has 2 aromatic heterocycles. The number of benzene rings is 1. The highest BCUT2D eigenvalue weighted by Gasteiger charge is 2.09. The molecule has 2 heterocycles. The molecule has 0 amide bonds. The average Bonchev–Trinajstić information content (AvgIpc) is 3.04. The Morgan fingerprint density at radius 1 is 1.26 bits per heavy atom. The molecule has 0 aliphatic rings. The monoisotopic (exact) mass is 255 g/mol. The van der Waals surface area contributed by atoms with Crippen LogP contribution in [0.1, 0.15) is 18.2 Å². The van der Waals surface area contributed by atoms with Crippen molar-refractivity contribution in [3.63, 3.8) is 0 Å². The van der Waals surface area contributed by atoms with Gasteiger partial charge in [0.15, 0.2) is 0 Å². The summed E-state index contributed by atoms with van der Waals surface area (Å²) < 4.78 is 3.92. The van der Waals surface area contributed by atoms with Crippen molar-refractivity contribution in [3.8, 4) is 0 Å². The molecule has 0 atom stereocenters. The minimum atomic E-state index is 0.460. The SMILES string of the molecule is CCn1cc(Cn2nc(CN)c3ccccc32)cn1. The van der Waals surface area contributed by atoms with Crippen LogP contribution in [0.15, 0.2) is 36.7 Å². The Labute approximate surface area is 111 Å². The van der Waals surface area contributed by atoms with E-state index in [2.05, 4.69) is 35.5 Å². The van der Waals surface area contributed by atoms with Crippen LogP contribution in [0.25, 0.3) is 10.9 Å². The molecule has 3 aromatic rings. The molecule has 0 aliphatic heterocycles. The van der Waals surface area contributed by atoms with Crippen molar-refractivity contribution >= 4 is 10.9 Å². The van der Waals surface area contributed by atoms with Crippen LogP contribution in [-0.4, -0.2) is 19.6 Å². The molecule has 19 heavy (non-hydrogen) atoms. The van der Waals surface area contributed by atoms with Crippen LogP contribution in [-0.2, 0) is 19.6 Å². The van der Waals surface area contributed by atoms with Gasteiger partial charge in [0.05, 0.1) is 24.0 Å². The zero-order chi connectivity index (χ0) is 13.2. The van der Waals surface area contributed by atoms with E-state index in [1.165, 1.54) is 0 Å². The van der Waals surface area contributed by atoms with E-state index in [1.807, 2.05) is 27.7 Å². The molecule has 0 saturated heterocycles. The number of fused-ring (bicyclic) bond motifs is 1. The first-order valence-electron chi connectivity index (χ1n) is 6.47. The lowest BCUT2D eigenvalue weighted by Gasteiger charge is -2.00. The highest BCUT2D eigenvalue weighted by atomic mass is 15.3. The van der Waals surface area contributed by atoms with Crippen LogP contribution in [0.4, 0.5) is 0 Å². The van der Waals surface area contributed by atoms with E-state index >= 15 is 0 Å². The fraction of sp³-hybridized carbons (Fsp3) is 0.286. The van der Waals surface area contributed by atoms with Crippen molar-refractivity contribution in [2.75, 3.05) is 0 Å². The summed E-state index contributed by atoms with van der Waals surface area (Å²) in [5.41, 5.74) is 8.97. The smallest absolute Gasteiger partial charge is 0.0839 e. The summed E-state index contributed by atoms with van der Waals surface area (Å²) in [5, 5.41) is 10.0. The van der Waals surface area contributed by atoms with Gasteiger partial charge in [-0.05, 0) is 13.0 Å². The third-order valence-corrected chi connectivity index (χ3v) is 3.27. The summed E-state index contributed by atoms with van der Waals surface area (Å²) >= 11 is 0. The lowest BCUT2D eigenvalue weighted by molar-refractivity contribution is 0.655. The number of nitrogens with zero attached hydrogens (tertiary/aromatic N) is 4. The number of nitrogens with two attached hydrogens (primary N) is 1. The van der Waals surface area contributed by atoms with E-state index in [9.17, 15) is 0 Å². The Bertz CT molecular complexity index is 695. The largest absolute Gasteiger partial charge is 0.325 e. The third kappa shape index (κ3) is 2.13. The quantitative estimate of drug-likeness (QED) is 0.772. The van der Waals surface area contributed by atoms with Crippen molar-refractivity contribution < 1.29 is 0 Å². The molecule has 0 bridgehead atoms. The minimum absolute atomic E-state index is 0.460. The van der Waals surface area contributed by atoms with Crippen LogP contribution < -0.4 is 5.73 Å². The van der Waals surface area contributed by atoms with Crippen molar-refractivity contribution in [1.29, 1.82) is 0 Å². The van der Waals surface area contributed by atoms with Gasteiger partial charge >= 0.3 is 0 Å². The number of rotatable bonds is 4. The molecule has 3 rings (SSSR count). The Kier molecular flexibility index (Phi) is 3.05. The molecular formula is C14H17N5. The van der Waals surface area contributed by atoms with Crippen molar-refractivity contribution in [3.05, 3.63) is 47.9 Å². The molecule has 0 radical (unpaired) electrons. The van der Waals surface area contributed by atoms with E-state index in [0.29, 0.717) is 6.54 Å². The maximum Gasteiger partial charge on any atom is 0.0839 e. The van der Waals surface area contributed by atoms with Gasteiger partial charge in [-0.3, -0.25) is 9.36 Å². The number of aromatic nitrogens is 4. The van der Waals surface area contributed by atoms with Crippen LogP contribution in [0.5, 0.6) is 0 Å². The molecular weight excluding hydrogens is 238 g/mol. The first-order chi connectivity index (χ1) is 9.31. The Morgan fingerprint density at radius 3 is 2.84 bits per heavy atom. The Hall–Kier alpha value is -2.14. The number of hydrogen-bond donors (Lipinski definition) is 1. The fourth-order valence-electron chi connectivity index (χ4n) is 2.30. The number of para-hydroxylation sites is 1. The molecule has 0 unspecified atom stereocenters. The van der Waals surface area contributed by atoms with Gasteiger partial charge in [0.2, 0.25) is 0 Å². The maximum atomic E-state index is 5.76. The zero-order valence-corrected chi connectivity index (χ0v) is 11.0. The van der Waals surface area contributed by atoms with Crippen LogP contribution in [0.2, 0.25) is 0 Å². The fourth-order valence-corrected chi connectivity index (χ4v) is 2.30. The summed E-state index contributed by atoms with van der Waals surface area (Å²) in [5.74, 6) is 0. The molecule has 1 aromatic carbocycles. The Morgan fingerprint density at radius 2 is 2.11 bits per heavy atom. The van der Waals surface area contributed by atoms with E-state index in [4.69, 9.17) is 5.73 Å². The molecule has 5 heteroatoms. The van der Waals surface area contributed by atoms with E-state index < -0.39 is 0 Å². The second kappa shape index (κ2) is 4.85. The van der Waals surface area contributed by atoms with Gasteiger partial charge < -0.3 is 5.73 Å². The predicted molar refractivity (Wildman–Crippen MR) is 74.6 cm³/mol. The second-order valence-corrected chi connectivity index (χ2v) is 4.53. The van der Waals surface area contributed by atoms with Crippen molar-refractivity contribution in [2.45, 2.75) is 26.6 Å². The lowest BCUT2D eigenvalue weighted by atomic mass is 10.2. The molecule has 0 saturated carbocycles. The van der Waals surface area contributed by atoms with Gasteiger partial charge in [-0.1, -0.05) is 18.2 Å². The van der Waals surface area contributed by atoms with Crippen LogP contribution in [0, 0.1) is 0 Å². The standard InChI is InChI=1S/C14H17N5/c1-2-18-9-11(8-16-18)10-19-14-6-4-3-5-12(14)13(7-15)17-19/h3-6,8-9H,2,7,10,15H2,1H3. The lowest BCUT2D eigenvalue weighted by Crippen LogP contribution is -2.03. The first-order valence-corrected chi connectivity index (χ1v) is 6.47. The number of hydrogen-bond acceptors (Lipinski definition) is 3. The molecule has 0 aliphatic carbocycles. The summed E-state index contributed by atoms with van der Waals surface area (Å²) in [6, 6.07) is 8.18. The van der Waals surface area contributed by atoms with Gasteiger partial charge in [-0.2, -0.15) is 10.2 Å². The van der Waals surface area contributed by atoms with Gasteiger partial charge in [-0.25, -0.2) is 0 Å². The summed E-state index contributed by atoms with van der Waals surface area (Å²) in [6.45, 7) is 4.14. The van der Waals surface area contributed by atoms with Crippen LogP contribution >= 0.6 is 0 Å². The summed E-state index contributed by atoms with van der Waals surface area (Å²) in [6.07, 6.45) is 3.95. The van der Waals surface area contributed by atoms with Gasteiger partial charge in [0.1, 0.15) is 0 Å². The summed E-state index contributed by atoms with van der Waals surface area (Å²) in [7, 11) is 0. The van der Waals surface area contributed by atoms with E-state index in [1.54, 1.807) is 0 Å². The molecule has 0 spiro atoms. The van der Waals surface area contributed by atoms with Gasteiger partial charge in [0.25, 0.3) is 0 Å². The molecule has 5 nitrogen and oxygen atoms in total. The van der Waals surface area contributed by atoms with Gasteiger partial charge in [0, 0.05) is 30.2 Å². The molecule has 98 valence electrons. The van der Waals surface area contributed by atoms with E-state index in [0.717, 1.165) is 35.2 Å². The highest BCUT2D eigenvalue weighted by Crippen LogP contribution is 2.19. The first kappa shape index (κ1) is 11.9. The van der Waals surface area contributed by atoms with Crippen molar-refractivity contribution in [1.82, 2.24) is 19.6 Å². The minimum Gasteiger partial charge on any atom is -0.325 e. The topological polar surface area (TPSA) is 61.7 Å². The van der Waals surface area contributed by atoms with Crippen LogP contribution in [0.3, 0.4) is 0 Å². The third-order valence-electron chi connectivity index (χ3n) is 3.27. The molecule has 0 fully saturated rings. The maximum absolute atomic E-state index is 5.76. The zero-order valence-electron chi connectivity index (χ0n) is 11.0. The average molecular weight is 255 g/mol. The second-order valence-electron chi connectivity index (χ2n) is 4.53.